The van der Waals surface area contributed by atoms with Gasteiger partial charge in [0.2, 0.25) is 5.91 Å². The third-order valence-electron chi connectivity index (χ3n) is 2.99. The monoisotopic (exact) mass is 297 g/mol. The highest BCUT2D eigenvalue weighted by Crippen LogP contribution is 2.14. The van der Waals surface area contributed by atoms with E-state index in [0.717, 1.165) is 16.8 Å². The molecule has 1 rings (SSSR count). The number of methoxy groups -OCH3 is 1. The van der Waals surface area contributed by atoms with Gasteiger partial charge in [0.1, 0.15) is 12.1 Å². The first-order chi connectivity index (χ1) is 9.82. The molecule has 0 bridgehead atoms. The molecule has 0 aliphatic rings. The van der Waals surface area contributed by atoms with Crippen molar-refractivity contribution in [1.29, 1.82) is 0 Å². The van der Waals surface area contributed by atoms with Crippen LogP contribution in [0, 0.1) is 0 Å². The van der Waals surface area contributed by atoms with Crippen molar-refractivity contribution < 1.29 is 14.3 Å². The average Bonchev–Trinajstić information content (AvgIpc) is 2.42. The van der Waals surface area contributed by atoms with Gasteiger partial charge in [0.25, 0.3) is 11.1 Å². The number of esters is 1. The molecular weight excluding hydrogens is 278 g/mol. The SMILES string of the molecule is CCCC(C)(NC(=O)Cn1[nH]c(=O)ccc1=O)C(=O)OC. The van der Waals surface area contributed by atoms with E-state index in [1.54, 1.807) is 6.92 Å². The fourth-order valence-electron chi connectivity index (χ4n) is 2.01. The van der Waals surface area contributed by atoms with E-state index in [2.05, 4.69) is 15.2 Å². The number of ether oxygens (including phenoxy) is 1. The summed E-state index contributed by atoms with van der Waals surface area (Å²) in [7, 11) is 1.24. The summed E-state index contributed by atoms with van der Waals surface area (Å²) in [5, 5.41) is 4.78. The number of hydrogen-bond donors (Lipinski definition) is 2. The van der Waals surface area contributed by atoms with Crippen LogP contribution in [0.3, 0.4) is 0 Å². The van der Waals surface area contributed by atoms with Gasteiger partial charge in [0, 0.05) is 12.1 Å². The number of nitrogens with one attached hydrogen (secondary N) is 2. The fourth-order valence-corrected chi connectivity index (χ4v) is 2.01. The number of H-pyrrole nitrogens is 1. The lowest BCUT2D eigenvalue weighted by molar-refractivity contribution is -0.150. The van der Waals surface area contributed by atoms with Crippen molar-refractivity contribution in [2.24, 2.45) is 0 Å². The third-order valence-corrected chi connectivity index (χ3v) is 2.99. The van der Waals surface area contributed by atoms with Crippen LogP contribution >= 0.6 is 0 Å². The second kappa shape index (κ2) is 6.87. The highest BCUT2D eigenvalue weighted by atomic mass is 16.5. The molecule has 1 heterocycles. The molecular formula is C13H19N3O5. The molecule has 8 nitrogen and oxygen atoms in total. The Balaban J connectivity index is 2.88. The minimum Gasteiger partial charge on any atom is -0.467 e. The number of hydrogen-bond acceptors (Lipinski definition) is 5. The molecule has 0 aliphatic heterocycles. The van der Waals surface area contributed by atoms with E-state index in [0.29, 0.717) is 12.8 Å². The van der Waals surface area contributed by atoms with Gasteiger partial charge in [-0.3, -0.25) is 19.5 Å². The van der Waals surface area contributed by atoms with Crippen LogP contribution in [0.25, 0.3) is 0 Å². The van der Waals surface area contributed by atoms with E-state index in [-0.39, 0.29) is 6.54 Å². The minimum atomic E-state index is -1.17. The molecule has 0 aliphatic carbocycles. The van der Waals surface area contributed by atoms with Crippen molar-refractivity contribution in [1.82, 2.24) is 15.1 Å². The first-order valence-corrected chi connectivity index (χ1v) is 6.52. The highest BCUT2D eigenvalue weighted by molar-refractivity contribution is 5.87. The van der Waals surface area contributed by atoms with Crippen molar-refractivity contribution in [2.45, 2.75) is 38.8 Å². The first kappa shape index (κ1) is 16.7. The number of nitrogens with zero attached hydrogens (tertiary/aromatic N) is 1. The Hall–Kier alpha value is -2.38. The number of amides is 1. The van der Waals surface area contributed by atoms with E-state index in [9.17, 15) is 19.2 Å². The van der Waals surface area contributed by atoms with Crippen LogP contribution in [-0.2, 0) is 20.9 Å². The lowest BCUT2D eigenvalue weighted by Crippen LogP contribution is -2.54. The molecule has 1 amide bonds. The molecule has 116 valence electrons. The molecule has 0 spiro atoms. The Labute approximate surface area is 121 Å². The summed E-state index contributed by atoms with van der Waals surface area (Å²) in [6, 6.07) is 2.14. The van der Waals surface area contributed by atoms with Gasteiger partial charge in [0.05, 0.1) is 7.11 Å². The summed E-state index contributed by atoms with van der Waals surface area (Å²) >= 11 is 0. The van der Waals surface area contributed by atoms with Crippen LogP contribution in [0.1, 0.15) is 26.7 Å². The molecule has 1 unspecified atom stereocenters. The number of rotatable bonds is 6. The Kier molecular flexibility index (Phi) is 5.45. The molecule has 0 aromatic carbocycles. The van der Waals surface area contributed by atoms with E-state index < -0.39 is 28.5 Å². The Bertz CT molecular complexity index is 633. The zero-order valence-corrected chi connectivity index (χ0v) is 12.3. The molecule has 1 atom stereocenters. The number of aromatic nitrogens is 2. The Morgan fingerprint density at radius 1 is 1.38 bits per heavy atom. The average molecular weight is 297 g/mol. The first-order valence-electron chi connectivity index (χ1n) is 6.52. The summed E-state index contributed by atoms with van der Waals surface area (Å²) in [5.74, 6) is -1.13. The van der Waals surface area contributed by atoms with E-state index in [4.69, 9.17) is 0 Å². The standard InChI is InChI=1S/C13H19N3O5/c1-4-7-13(2,12(20)21-3)14-10(18)8-16-11(19)6-5-9(17)15-16/h5-6H,4,7-8H2,1-3H3,(H,14,18)(H,15,17). The lowest BCUT2D eigenvalue weighted by Gasteiger charge is -2.27. The van der Waals surface area contributed by atoms with Crippen LogP contribution < -0.4 is 16.4 Å². The summed E-state index contributed by atoms with van der Waals surface area (Å²) in [6.45, 7) is 3.04. The molecule has 0 saturated heterocycles. The largest absolute Gasteiger partial charge is 0.467 e. The van der Waals surface area contributed by atoms with Crippen LogP contribution in [0.4, 0.5) is 0 Å². The maximum Gasteiger partial charge on any atom is 0.331 e. The van der Waals surface area contributed by atoms with Gasteiger partial charge in [-0.25, -0.2) is 9.48 Å². The van der Waals surface area contributed by atoms with Crippen molar-refractivity contribution in [3.8, 4) is 0 Å². The third kappa shape index (κ3) is 4.30. The molecule has 0 fully saturated rings. The molecule has 8 heteroatoms. The van der Waals surface area contributed by atoms with Gasteiger partial charge < -0.3 is 10.1 Å². The molecule has 0 radical (unpaired) electrons. The van der Waals surface area contributed by atoms with Crippen molar-refractivity contribution in [3.63, 3.8) is 0 Å². The molecule has 1 aromatic rings. The number of aromatic amines is 1. The van der Waals surface area contributed by atoms with E-state index in [1.165, 1.54) is 7.11 Å². The van der Waals surface area contributed by atoms with Gasteiger partial charge in [-0.15, -0.1) is 0 Å². The van der Waals surface area contributed by atoms with E-state index >= 15 is 0 Å². The summed E-state index contributed by atoms with van der Waals surface area (Å²) in [6.07, 6.45) is 1.06. The summed E-state index contributed by atoms with van der Waals surface area (Å²) in [4.78, 5) is 46.4. The van der Waals surface area contributed by atoms with Crippen LogP contribution in [0.2, 0.25) is 0 Å². The smallest absolute Gasteiger partial charge is 0.331 e. The predicted molar refractivity (Wildman–Crippen MR) is 74.8 cm³/mol. The fraction of sp³-hybridized carbons (Fsp3) is 0.538. The second-order valence-corrected chi connectivity index (χ2v) is 4.86. The predicted octanol–water partition coefficient (Wildman–Crippen LogP) is -0.615. The van der Waals surface area contributed by atoms with Crippen LogP contribution in [-0.4, -0.2) is 34.3 Å². The molecule has 1 aromatic heterocycles. The van der Waals surface area contributed by atoms with E-state index in [1.807, 2.05) is 6.92 Å². The topological polar surface area (TPSA) is 110 Å². The quantitative estimate of drug-likeness (QED) is 0.680. The number of carbonyl (C=O) groups is 2. The van der Waals surface area contributed by atoms with Crippen molar-refractivity contribution in [2.75, 3.05) is 7.11 Å². The van der Waals surface area contributed by atoms with Crippen molar-refractivity contribution >= 4 is 11.9 Å². The second-order valence-electron chi connectivity index (χ2n) is 4.86. The lowest BCUT2D eigenvalue weighted by atomic mass is 9.96. The maximum atomic E-state index is 12.0. The van der Waals surface area contributed by atoms with Gasteiger partial charge in [-0.05, 0) is 13.3 Å². The van der Waals surface area contributed by atoms with Gasteiger partial charge in [0.15, 0.2) is 0 Å². The van der Waals surface area contributed by atoms with Gasteiger partial charge in [-0.1, -0.05) is 13.3 Å². The van der Waals surface area contributed by atoms with Crippen molar-refractivity contribution in [3.05, 3.63) is 32.8 Å². The minimum absolute atomic E-state index is 0.384. The van der Waals surface area contributed by atoms with Gasteiger partial charge >= 0.3 is 5.97 Å². The number of carbonyl (C=O) groups excluding carboxylic acids is 2. The Morgan fingerprint density at radius 2 is 2.05 bits per heavy atom. The summed E-state index contributed by atoms with van der Waals surface area (Å²) in [5.41, 5.74) is -2.18. The maximum absolute atomic E-state index is 12.0. The van der Waals surface area contributed by atoms with Crippen LogP contribution in [0.5, 0.6) is 0 Å². The molecule has 0 saturated carbocycles. The van der Waals surface area contributed by atoms with Gasteiger partial charge in [-0.2, -0.15) is 0 Å². The molecule has 2 N–H and O–H groups in total. The zero-order valence-electron chi connectivity index (χ0n) is 12.3. The normalized spacial score (nSPS) is 13.3. The molecule has 21 heavy (non-hydrogen) atoms. The summed E-state index contributed by atoms with van der Waals surface area (Å²) < 4.78 is 5.56. The highest BCUT2D eigenvalue weighted by Gasteiger charge is 2.35. The Morgan fingerprint density at radius 3 is 2.62 bits per heavy atom. The van der Waals surface area contributed by atoms with Crippen LogP contribution in [0.15, 0.2) is 21.7 Å². The zero-order chi connectivity index (χ0) is 16.0.